The van der Waals surface area contributed by atoms with Crippen molar-refractivity contribution in [3.63, 3.8) is 0 Å². The molecule has 0 saturated carbocycles. The van der Waals surface area contributed by atoms with Gasteiger partial charge in [-0.05, 0) is 25.0 Å². The highest BCUT2D eigenvalue weighted by atomic mass is 32.2. The first-order valence-corrected chi connectivity index (χ1v) is 10.6. The van der Waals surface area contributed by atoms with Crippen molar-refractivity contribution in [2.24, 2.45) is 0 Å². The van der Waals surface area contributed by atoms with E-state index in [1.165, 1.54) is 0 Å². The van der Waals surface area contributed by atoms with Gasteiger partial charge in [-0.25, -0.2) is 8.42 Å². The van der Waals surface area contributed by atoms with Crippen molar-refractivity contribution in [2.75, 3.05) is 25.2 Å². The Morgan fingerprint density at radius 2 is 2.28 bits per heavy atom. The average molecular weight is 368 g/mol. The molecule has 0 bridgehead atoms. The lowest BCUT2D eigenvalue weighted by Crippen LogP contribution is -2.44. The molecule has 3 heterocycles. The first kappa shape index (κ1) is 18.3. The summed E-state index contributed by atoms with van der Waals surface area (Å²) in [5, 5.41) is 0. The number of rotatable bonds is 6. The first-order chi connectivity index (χ1) is 11.9. The van der Waals surface area contributed by atoms with E-state index in [0.29, 0.717) is 19.8 Å². The number of aromatic nitrogens is 1. The van der Waals surface area contributed by atoms with Crippen molar-refractivity contribution >= 4 is 15.7 Å². The predicted molar refractivity (Wildman–Crippen MR) is 91.6 cm³/mol. The normalized spacial score (nSPS) is 26.4. The second-order valence-electron chi connectivity index (χ2n) is 6.64. The largest absolute Gasteiger partial charge is 0.373 e. The topological polar surface area (TPSA) is 85.8 Å². The molecule has 0 aromatic carbocycles. The molecule has 2 aliphatic heterocycles. The molecule has 8 heteroatoms. The Kier molecular flexibility index (Phi) is 5.71. The van der Waals surface area contributed by atoms with Gasteiger partial charge in [-0.2, -0.15) is 0 Å². The Hall–Kier alpha value is -1.51. The van der Waals surface area contributed by atoms with Gasteiger partial charge in [0.05, 0.1) is 24.1 Å². The lowest BCUT2D eigenvalue weighted by molar-refractivity contribution is -0.134. The Bertz CT molecular complexity index is 694. The average Bonchev–Trinajstić information content (AvgIpc) is 2.97. The summed E-state index contributed by atoms with van der Waals surface area (Å²) >= 11 is 0. The van der Waals surface area contributed by atoms with Crippen LogP contribution in [0.15, 0.2) is 24.4 Å². The van der Waals surface area contributed by atoms with Gasteiger partial charge in [-0.1, -0.05) is 6.07 Å². The summed E-state index contributed by atoms with van der Waals surface area (Å²) in [7, 11) is -3.16. The zero-order valence-corrected chi connectivity index (χ0v) is 15.2. The fraction of sp³-hybridized carbons (Fsp3) is 0.647. The molecule has 7 nitrogen and oxygen atoms in total. The van der Waals surface area contributed by atoms with E-state index in [4.69, 9.17) is 9.47 Å². The van der Waals surface area contributed by atoms with Crippen LogP contribution < -0.4 is 0 Å². The van der Waals surface area contributed by atoms with Crippen LogP contribution in [0.2, 0.25) is 0 Å². The minimum absolute atomic E-state index is 0.00894. The summed E-state index contributed by atoms with van der Waals surface area (Å²) in [4.78, 5) is 18.5. The maximum absolute atomic E-state index is 12.5. The molecule has 0 aliphatic carbocycles. The van der Waals surface area contributed by atoms with Gasteiger partial charge in [0.1, 0.15) is 22.0 Å². The molecule has 2 aliphatic rings. The number of pyridine rings is 1. The molecule has 138 valence electrons. The summed E-state index contributed by atoms with van der Waals surface area (Å²) in [5.74, 6) is -0.269. The zero-order chi connectivity index (χ0) is 17.9. The van der Waals surface area contributed by atoms with Crippen LogP contribution in [-0.4, -0.2) is 67.6 Å². The molecular formula is C17H24N2O5S. The summed E-state index contributed by atoms with van der Waals surface area (Å²) in [6.07, 6.45) is 4.26. The highest BCUT2D eigenvalue weighted by molar-refractivity contribution is 7.90. The van der Waals surface area contributed by atoms with E-state index in [2.05, 4.69) is 4.98 Å². The number of likely N-dealkylation sites (tertiary alicyclic amines) is 1. The van der Waals surface area contributed by atoms with Crippen LogP contribution in [0, 0.1) is 0 Å². The fourth-order valence-electron chi connectivity index (χ4n) is 3.44. The van der Waals surface area contributed by atoms with E-state index < -0.39 is 9.84 Å². The molecule has 2 fully saturated rings. The minimum atomic E-state index is -3.16. The number of ether oxygens (including phenoxy) is 2. The number of hydrogen-bond donors (Lipinski definition) is 0. The Labute approximate surface area is 148 Å². The third kappa shape index (κ3) is 4.77. The molecule has 3 atom stereocenters. The number of carbonyl (C=O) groups is 1. The summed E-state index contributed by atoms with van der Waals surface area (Å²) in [6, 6.07) is 5.61. The van der Waals surface area contributed by atoms with Crippen molar-refractivity contribution < 1.29 is 22.7 Å². The number of carbonyl (C=O) groups excluding carboxylic acids is 1. The lowest BCUT2D eigenvalue weighted by Gasteiger charge is -2.32. The van der Waals surface area contributed by atoms with Crippen molar-refractivity contribution in [2.45, 2.75) is 44.1 Å². The van der Waals surface area contributed by atoms with E-state index in [1.807, 2.05) is 18.2 Å². The molecule has 25 heavy (non-hydrogen) atoms. The van der Waals surface area contributed by atoms with Crippen LogP contribution >= 0.6 is 0 Å². The maximum atomic E-state index is 12.5. The van der Waals surface area contributed by atoms with Crippen molar-refractivity contribution in [3.05, 3.63) is 30.1 Å². The van der Waals surface area contributed by atoms with Crippen molar-refractivity contribution in [1.82, 2.24) is 9.88 Å². The third-order valence-electron chi connectivity index (χ3n) is 4.66. The molecule has 1 aromatic heterocycles. The van der Waals surface area contributed by atoms with Gasteiger partial charge in [-0.3, -0.25) is 9.78 Å². The highest BCUT2D eigenvalue weighted by Crippen LogP contribution is 2.31. The summed E-state index contributed by atoms with van der Waals surface area (Å²) in [6.45, 7) is 1.46. The molecule has 3 rings (SSSR count). The summed E-state index contributed by atoms with van der Waals surface area (Å²) in [5.41, 5.74) is 0.830. The first-order valence-electron chi connectivity index (χ1n) is 8.54. The van der Waals surface area contributed by atoms with Gasteiger partial charge in [0, 0.05) is 32.0 Å². The highest BCUT2D eigenvalue weighted by Gasteiger charge is 2.46. The van der Waals surface area contributed by atoms with E-state index in [1.54, 1.807) is 11.1 Å². The smallest absolute Gasteiger partial charge is 0.224 e. The second-order valence-corrected chi connectivity index (χ2v) is 8.90. The second kappa shape index (κ2) is 7.80. The molecular weight excluding hydrogens is 344 g/mol. The Balaban J connectivity index is 1.63. The fourth-order valence-corrected chi connectivity index (χ4v) is 3.98. The molecule has 1 amide bonds. The zero-order valence-electron chi connectivity index (χ0n) is 14.3. The third-order valence-corrected chi connectivity index (χ3v) is 5.60. The van der Waals surface area contributed by atoms with Crippen LogP contribution in [0.25, 0.3) is 0 Å². The molecule has 2 saturated heterocycles. The van der Waals surface area contributed by atoms with Crippen LogP contribution in [0.5, 0.6) is 0 Å². The molecule has 0 N–H and O–H groups in total. The molecule has 1 aromatic rings. The number of amides is 1. The molecule has 0 spiro atoms. The Morgan fingerprint density at radius 3 is 3.00 bits per heavy atom. The Morgan fingerprint density at radius 1 is 1.44 bits per heavy atom. The van der Waals surface area contributed by atoms with Crippen LogP contribution in [-0.2, 0) is 30.7 Å². The lowest BCUT2D eigenvalue weighted by atomic mass is 10.0. The number of hydrogen-bond acceptors (Lipinski definition) is 6. The van der Waals surface area contributed by atoms with Crippen LogP contribution in [0.4, 0.5) is 0 Å². The van der Waals surface area contributed by atoms with Crippen LogP contribution in [0.1, 0.15) is 25.0 Å². The van der Waals surface area contributed by atoms with Crippen molar-refractivity contribution in [1.29, 1.82) is 0 Å². The standard InChI is InChI=1S/C17H24N2O5S/c1-25(21,22)10-7-16(20)19-11-15(17-14(19)6-4-9-23-17)24-12-13-5-2-3-8-18-13/h2-3,5,8,14-15,17H,4,6-7,9-12H2,1H3/t14-,15+,17+/m1/s1. The van der Waals surface area contributed by atoms with Crippen LogP contribution in [0.3, 0.4) is 0 Å². The molecule has 0 radical (unpaired) electrons. The van der Waals surface area contributed by atoms with Gasteiger partial charge in [-0.15, -0.1) is 0 Å². The van der Waals surface area contributed by atoms with Gasteiger partial charge in [0.15, 0.2) is 0 Å². The monoisotopic (exact) mass is 368 g/mol. The number of sulfone groups is 1. The summed E-state index contributed by atoms with van der Waals surface area (Å²) < 4.78 is 34.5. The number of fused-ring (bicyclic) bond motifs is 1. The maximum Gasteiger partial charge on any atom is 0.224 e. The van der Waals surface area contributed by atoms with E-state index in [9.17, 15) is 13.2 Å². The number of nitrogens with zero attached hydrogens (tertiary/aromatic N) is 2. The molecule has 0 unspecified atom stereocenters. The van der Waals surface area contributed by atoms with Gasteiger partial charge < -0.3 is 14.4 Å². The quantitative estimate of drug-likeness (QED) is 0.738. The van der Waals surface area contributed by atoms with Gasteiger partial charge in [0.2, 0.25) is 5.91 Å². The minimum Gasteiger partial charge on any atom is -0.373 e. The SMILES string of the molecule is CS(=O)(=O)CCC(=O)N1C[C@H](OCc2ccccn2)[C@H]2OCCC[C@H]21. The van der Waals surface area contributed by atoms with E-state index in [-0.39, 0.29) is 36.3 Å². The van der Waals surface area contributed by atoms with Crippen molar-refractivity contribution in [3.8, 4) is 0 Å². The predicted octanol–water partition coefficient (Wildman–Crippen LogP) is 0.791. The van der Waals surface area contributed by atoms with E-state index >= 15 is 0 Å². The van der Waals surface area contributed by atoms with Gasteiger partial charge in [0.25, 0.3) is 0 Å². The van der Waals surface area contributed by atoms with E-state index in [0.717, 1.165) is 24.8 Å². The van der Waals surface area contributed by atoms with Gasteiger partial charge >= 0.3 is 0 Å².